The summed E-state index contributed by atoms with van der Waals surface area (Å²) in [5, 5.41) is 8.59. The van der Waals surface area contributed by atoms with Crippen LogP contribution in [0.1, 0.15) is 29.8 Å². The summed E-state index contributed by atoms with van der Waals surface area (Å²) in [6, 6.07) is 1.50. The van der Waals surface area contributed by atoms with E-state index in [9.17, 15) is 13.6 Å². The maximum atomic E-state index is 13.2. The molecule has 1 aromatic heterocycles. The number of halogens is 2. The highest BCUT2D eigenvalue weighted by Gasteiger charge is 2.43. The molecule has 1 amide bonds. The zero-order valence-electron chi connectivity index (χ0n) is 8.67. The molecule has 2 rings (SSSR count). The van der Waals surface area contributed by atoms with Crippen molar-refractivity contribution in [1.82, 2.24) is 15.5 Å². The fourth-order valence-corrected chi connectivity index (χ4v) is 1.94. The van der Waals surface area contributed by atoms with Gasteiger partial charge in [0.2, 0.25) is 0 Å². The molecule has 1 atom stereocenters. The normalized spacial score (nSPS) is 23.2. The Morgan fingerprint density at radius 1 is 1.69 bits per heavy atom. The Morgan fingerprint density at radius 3 is 3.06 bits per heavy atom. The van der Waals surface area contributed by atoms with Gasteiger partial charge in [0, 0.05) is 25.1 Å². The van der Waals surface area contributed by atoms with Crippen LogP contribution in [0.5, 0.6) is 0 Å². The monoisotopic (exact) mass is 229 g/mol. The lowest BCUT2D eigenvalue weighted by Crippen LogP contribution is -2.35. The standard InChI is InChI=1S/C10H13F2N3O/c11-10(12)4-1-2-7(10)6-13-9(16)8-3-5-14-15-8/h3,5,7H,1-2,4,6H2,(H,13,16)(H,14,15). The molecule has 0 spiro atoms. The Balaban J connectivity index is 1.86. The number of H-pyrrole nitrogens is 1. The molecule has 1 unspecified atom stereocenters. The van der Waals surface area contributed by atoms with Gasteiger partial charge in [0.15, 0.2) is 0 Å². The molecule has 16 heavy (non-hydrogen) atoms. The van der Waals surface area contributed by atoms with Crippen LogP contribution in [0.4, 0.5) is 8.78 Å². The van der Waals surface area contributed by atoms with Crippen LogP contribution < -0.4 is 5.32 Å². The average molecular weight is 229 g/mol. The third-order valence-electron chi connectivity index (χ3n) is 2.91. The highest BCUT2D eigenvalue weighted by atomic mass is 19.3. The highest BCUT2D eigenvalue weighted by Crippen LogP contribution is 2.39. The number of amides is 1. The van der Waals surface area contributed by atoms with E-state index in [0.717, 1.165) is 0 Å². The number of alkyl halides is 2. The van der Waals surface area contributed by atoms with Crippen molar-refractivity contribution >= 4 is 5.91 Å². The maximum absolute atomic E-state index is 13.2. The van der Waals surface area contributed by atoms with E-state index in [0.29, 0.717) is 18.5 Å². The van der Waals surface area contributed by atoms with Crippen molar-refractivity contribution in [1.29, 1.82) is 0 Å². The fraction of sp³-hybridized carbons (Fsp3) is 0.600. The Bertz CT molecular complexity index is 364. The van der Waals surface area contributed by atoms with Gasteiger partial charge in [-0.1, -0.05) is 0 Å². The van der Waals surface area contributed by atoms with Crippen LogP contribution in [0.15, 0.2) is 12.3 Å². The summed E-state index contributed by atoms with van der Waals surface area (Å²) in [5.74, 6) is -3.76. The Kier molecular flexibility index (Phi) is 2.89. The molecule has 1 aromatic rings. The summed E-state index contributed by atoms with van der Waals surface area (Å²) >= 11 is 0. The van der Waals surface area contributed by atoms with Crippen molar-refractivity contribution in [2.45, 2.75) is 25.2 Å². The Morgan fingerprint density at radius 2 is 2.50 bits per heavy atom. The number of nitrogens with zero attached hydrogens (tertiary/aromatic N) is 1. The molecule has 0 aromatic carbocycles. The van der Waals surface area contributed by atoms with E-state index in [1.165, 1.54) is 12.3 Å². The van der Waals surface area contributed by atoms with Crippen molar-refractivity contribution in [3.8, 4) is 0 Å². The van der Waals surface area contributed by atoms with Crippen LogP contribution >= 0.6 is 0 Å². The molecule has 88 valence electrons. The van der Waals surface area contributed by atoms with Crippen LogP contribution in [0.3, 0.4) is 0 Å². The minimum absolute atomic E-state index is 0.0187. The van der Waals surface area contributed by atoms with Gasteiger partial charge in [-0.25, -0.2) is 8.78 Å². The number of aromatic amines is 1. The van der Waals surface area contributed by atoms with Crippen molar-refractivity contribution in [2.75, 3.05) is 6.54 Å². The predicted molar refractivity (Wildman–Crippen MR) is 53.2 cm³/mol. The number of aromatic nitrogens is 2. The van der Waals surface area contributed by atoms with E-state index in [-0.39, 0.29) is 18.9 Å². The maximum Gasteiger partial charge on any atom is 0.269 e. The molecule has 0 bridgehead atoms. The molecule has 0 aliphatic heterocycles. The van der Waals surface area contributed by atoms with E-state index < -0.39 is 11.8 Å². The van der Waals surface area contributed by atoms with Gasteiger partial charge in [-0.3, -0.25) is 9.89 Å². The predicted octanol–water partition coefficient (Wildman–Crippen LogP) is 1.57. The first kappa shape index (κ1) is 11.0. The quantitative estimate of drug-likeness (QED) is 0.826. The molecule has 0 saturated heterocycles. The number of nitrogens with one attached hydrogen (secondary N) is 2. The summed E-state index contributed by atoms with van der Waals surface area (Å²) in [6.07, 6.45) is 2.37. The summed E-state index contributed by atoms with van der Waals surface area (Å²) in [7, 11) is 0. The zero-order valence-corrected chi connectivity index (χ0v) is 8.67. The molecule has 1 fully saturated rings. The SMILES string of the molecule is O=C(NCC1CCCC1(F)F)c1ccn[nH]1. The largest absolute Gasteiger partial charge is 0.350 e. The molecule has 1 aliphatic rings. The number of hydrogen-bond acceptors (Lipinski definition) is 2. The van der Waals surface area contributed by atoms with Crippen molar-refractivity contribution in [3.63, 3.8) is 0 Å². The van der Waals surface area contributed by atoms with Gasteiger partial charge in [-0.05, 0) is 18.9 Å². The lowest BCUT2D eigenvalue weighted by molar-refractivity contribution is -0.0352. The van der Waals surface area contributed by atoms with Crippen LogP contribution in [-0.2, 0) is 0 Å². The molecule has 2 N–H and O–H groups in total. The van der Waals surface area contributed by atoms with Crippen molar-refractivity contribution in [3.05, 3.63) is 18.0 Å². The third-order valence-corrected chi connectivity index (χ3v) is 2.91. The number of rotatable bonds is 3. The van der Waals surface area contributed by atoms with Gasteiger partial charge >= 0.3 is 0 Å². The van der Waals surface area contributed by atoms with Crippen LogP contribution in [-0.4, -0.2) is 28.6 Å². The molecule has 0 radical (unpaired) electrons. The van der Waals surface area contributed by atoms with Gasteiger partial charge in [0.1, 0.15) is 5.69 Å². The number of carbonyl (C=O) groups excluding carboxylic acids is 1. The lowest BCUT2D eigenvalue weighted by atomic mass is 10.1. The molecule has 1 aliphatic carbocycles. The highest BCUT2D eigenvalue weighted by molar-refractivity contribution is 5.92. The van der Waals surface area contributed by atoms with Gasteiger partial charge in [-0.2, -0.15) is 5.10 Å². The van der Waals surface area contributed by atoms with E-state index in [1.807, 2.05) is 0 Å². The summed E-state index contributed by atoms with van der Waals surface area (Å²) in [5.41, 5.74) is 0.293. The second-order valence-corrected chi connectivity index (χ2v) is 4.03. The first-order chi connectivity index (χ1) is 7.59. The van der Waals surface area contributed by atoms with E-state index in [1.54, 1.807) is 0 Å². The molecular weight excluding hydrogens is 216 g/mol. The molecule has 1 saturated carbocycles. The van der Waals surface area contributed by atoms with Crippen molar-refractivity contribution < 1.29 is 13.6 Å². The van der Waals surface area contributed by atoms with Crippen LogP contribution in [0.25, 0.3) is 0 Å². The van der Waals surface area contributed by atoms with Gasteiger partial charge < -0.3 is 5.32 Å². The first-order valence-electron chi connectivity index (χ1n) is 5.25. The van der Waals surface area contributed by atoms with Gasteiger partial charge in [-0.15, -0.1) is 0 Å². The second-order valence-electron chi connectivity index (χ2n) is 4.03. The Labute approximate surface area is 91.4 Å². The molecular formula is C10H13F2N3O. The number of carbonyl (C=O) groups is 1. The van der Waals surface area contributed by atoms with Crippen LogP contribution in [0.2, 0.25) is 0 Å². The van der Waals surface area contributed by atoms with Gasteiger partial charge in [0.05, 0.1) is 0 Å². The smallest absolute Gasteiger partial charge is 0.269 e. The summed E-state index contributed by atoms with van der Waals surface area (Å²) < 4.78 is 26.5. The fourth-order valence-electron chi connectivity index (χ4n) is 1.94. The second kappa shape index (κ2) is 4.19. The molecule has 4 nitrogen and oxygen atoms in total. The van der Waals surface area contributed by atoms with E-state index in [2.05, 4.69) is 15.5 Å². The lowest BCUT2D eigenvalue weighted by Gasteiger charge is -2.18. The Hall–Kier alpha value is -1.46. The summed E-state index contributed by atoms with van der Waals surface area (Å²) in [6.45, 7) is 0.0187. The molecule has 6 heteroatoms. The third kappa shape index (κ3) is 2.20. The topological polar surface area (TPSA) is 57.8 Å². The minimum Gasteiger partial charge on any atom is -0.350 e. The minimum atomic E-state index is -2.64. The van der Waals surface area contributed by atoms with Crippen LogP contribution in [0, 0.1) is 5.92 Å². The first-order valence-corrected chi connectivity index (χ1v) is 5.25. The van der Waals surface area contributed by atoms with Gasteiger partial charge in [0.25, 0.3) is 11.8 Å². The van der Waals surface area contributed by atoms with Crippen molar-refractivity contribution in [2.24, 2.45) is 5.92 Å². The summed E-state index contributed by atoms with van der Waals surface area (Å²) in [4.78, 5) is 11.4. The molecule has 1 heterocycles. The van der Waals surface area contributed by atoms with E-state index in [4.69, 9.17) is 0 Å². The number of hydrogen-bond donors (Lipinski definition) is 2. The zero-order chi connectivity index (χ0) is 11.6. The average Bonchev–Trinajstić information content (AvgIpc) is 2.83. The van der Waals surface area contributed by atoms with E-state index >= 15 is 0 Å².